The molecule has 0 bridgehead atoms. The van der Waals surface area contributed by atoms with Gasteiger partial charge in [0, 0.05) is 22.0 Å². The smallest absolute Gasteiger partial charge is 0.123 e. The number of nitrogens with zero attached hydrogens (tertiary/aromatic N) is 2. The zero-order chi connectivity index (χ0) is 10.3. The molecule has 2 aromatic heterocycles. The second kappa shape index (κ2) is 3.17. The van der Waals surface area contributed by atoms with Crippen molar-refractivity contribution < 1.29 is 0 Å². The van der Waals surface area contributed by atoms with Crippen molar-refractivity contribution in [3.05, 3.63) is 35.5 Å². The Balaban J connectivity index is 2.18. The molecule has 74 valence electrons. The van der Waals surface area contributed by atoms with Gasteiger partial charge in [-0.1, -0.05) is 0 Å². The molecule has 0 saturated heterocycles. The fraction of sp³-hybridized carbons (Fsp3) is 0.0909. The third-order valence-electron chi connectivity index (χ3n) is 2.31. The standard InChI is InChI=1S/C11H9N3S/c1-7-6-15-11(13-7)8-2-3-10-9(4-8)5-12-14-10/h2-6H,1H3,(H,12,14). The molecule has 0 fully saturated rings. The highest BCUT2D eigenvalue weighted by atomic mass is 32.1. The van der Waals surface area contributed by atoms with Gasteiger partial charge in [-0.15, -0.1) is 11.3 Å². The van der Waals surface area contributed by atoms with Crippen LogP contribution in [0.2, 0.25) is 0 Å². The molecule has 0 unspecified atom stereocenters. The van der Waals surface area contributed by atoms with E-state index in [-0.39, 0.29) is 0 Å². The molecule has 0 radical (unpaired) electrons. The topological polar surface area (TPSA) is 41.6 Å². The Hall–Kier alpha value is -1.68. The lowest BCUT2D eigenvalue weighted by Crippen LogP contribution is -1.77. The van der Waals surface area contributed by atoms with Gasteiger partial charge in [-0.2, -0.15) is 5.10 Å². The molecule has 0 aliphatic carbocycles. The average molecular weight is 215 g/mol. The van der Waals surface area contributed by atoms with Gasteiger partial charge in [0.1, 0.15) is 5.01 Å². The van der Waals surface area contributed by atoms with Gasteiger partial charge >= 0.3 is 0 Å². The third kappa shape index (κ3) is 1.43. The van der Waals surface area contributed by atoms with E-state index >= 15 is 0 Å². The van der Waals surface area contributed by atoms with Gasteiger partial charge in [0.05, 0.1) is 11.7 Å². The first-order chi connectivity index (χ1) is 7.33. The van der Waals surface area contributed by atoms with E-state index in [0.717, 1.165) is 27.2 Å². The minimum Gasteiger partial charge on any atom is -0.278 e. The lowest BCUT2D eigenvalue weighted by molar-refractivity contribution is 1.12. The van der Waals surface area contributed by atoms with Crippen molar-refractivity contribution in [2.45, 2.75) is 6.92 Å². The molecular weight excluding hydrogens is 206 g/mol. The lowest BCUT2D eigenvalue weighted by Gasteiger charge is -1.95. The summed E-state index contributed by atoms with van der Waals surface area (Å²) in [6.45, 7) is 2.01. The summed E-state index contributed by atoms with van der Waals surface area (Å²) in [5.74, 6) is 0. The molecule has 3 nitrogen and oxygen atoms in total. The maximum atomic E-state index is 4.46. The first kappa shape index (κ1) is 8.61. The van der Waals surface area contributed by atoms with Gasteiger partial charge in [-0.3, -0.25) is 5.10 Å². The van der Waals surface area contributed by atoms with Crippen molar-refractivity contribution in [1.29, 1.82) is 0 Å². The van der Waals surface area contributed by atoms with Gasteiger partial charge in [0.25, 0.3) is 0 Å². The van der Waals surface area contributed by atoms with E-state index in [0.29, 0.717) is 0 Å². The Morgan fingerprint density at radius 2 is 2.27 bits per heavy atom. The van der Waals surface area contributed by atoms with Gasteiger partial charge < -0.3 is 0 Å². The molecule has 3 aromatic rings. The molecule has 15 heavy (non-hydrogen) atoms. The molecule has 0 atom stereocenters. The summed E-state index contributed by atoms with van der Waals surface area (Å²) in [4.78, 5) is 4.46. The molecule has 3 rings (SSSR count). The summed E-state index contributed by atoms with van der Waals surface area (Å²) in [5.41, 5.74) is 3.29. The first-order valence-corrected chi connectivity index (χ1v) is 5.56. The number of hydrogen-bond acceptors (Lipinski definition) is 3. The Morgan fingerprint density at radius 1 is 1.33 bits per heavy atom. The van der Waals surface area contributed by atoms with Crippen LogP contribution in [0.3, 0.4) is 0 Å². The molecule has 0 amide bonds. The number of hydrogen-bond donors (Lipinski definition) is 1. The summed E-state index contributed by atoms with van der Waals surface area (Å²) < 4.78 is 0. The van der Waals surface area contributed by atoms with E-state index in [1.807, 2.05) is 19.2 Å². The number of benzene rings is 1. The second-order valence-electron chi connectivity index (χ2n) is 3.47. The van der Waals surface area contributed by atoms with E-state index in [4.69, 9.17) is 0 Å². The maximum absolute atomic E-state index is 4.46. The monoisotopic (exact) mass is 215 g/mol. The lowest BCUT2D eigenvalue weighted by atomic mass is 10.2. The van der Waals surface area contributed by atoms with Crippen LogP contribution in [0.1, 0.15) is 5.69 Å². The molecule has 0 saturated carbocycles. The van der Waals surface area contributed by atoms with Gasteiger partial charge in [-0.25, -0.2) is 4.98 Å². The average Bonchev–Trinajstić information content (AvgIpc) is 2.84. The quantitative estimate of drug-likeness (QED) is 0.678. The number of aromatic nitrogens is 3. The normalized spacial score (nSPS) is 11.0. The minimum atomic E-state index is 1.06. The van der Waals surface area contributed by atoms with Crippen molar-refractivity contribution in [1.82, 2.24) is 15.2 Å². The summed E-state index contributed by atoms with van der Waals surface area (Å²) in [5, 5.41) is 11.2. The Labute approximate surface area is 90.8 Å². The van der Waals surface area contributed by atoms with Gasteiger partial charge in [-0.05, 0) is 25.1 Å². The zero-order valence-corrected chi connectivity index (χ0v) is 9.01. The zero-order valence-electron chi connectivity index (χ0n) is 8.19. The Morgan fingerprint density at radius 3 is 3.07 bits per heavy atom. The highest BCUT2D eigenvalue weighted by molar-refractivity contribution is 7.13. The molecule has 0 spiro atoms. The van der Waals surface area contributed by atoms with E-state index < -0.39 is 0 Å². The number of H-pyrrole nitrogens is 1. The molecule has 0 aliphatic heterocycles. The Bertz CT molecular complexity index is 609. The van der Waals surface area contributed by atoms with E-state index in [1.165, 1.54) is 0 Å². The van der Waals surface area contributed by atoms with Crippen LogP contribution >= 0.6 is 11.3 Å². The summed E-state index contributed by atoms with van der Waals surface area (Å²) in [7, 11) is 0. The second-order valence-corrected chi connectivity index (χ2v) is 4.32. The van der Waals surface area contributed by atoms with Crippen LogP contribution in [0.25, 0.3) is 21.5 Å². The number of thiazole rings is 1. The maximum Gasteiger partial charge on any atom is 0.123 e. The molecule has 1 N–H and O–H groups in total. The van der Waals surface area contributed by atoms with Crippen molar-refractivity contribution in [3.8, 4) is 10.6 Å². The molecule has 2 heterocycles. The summed E-state index contributed by atoms with van der Waals surface area (Å²) >= 11 is 1.67. The van der Waals surface area contributed by atoms with Crippen LogP contribution in [-0.2, 0) is 0 Å². The van der Waals surface area contributed by atoms with Crippen LogP contribution < -0.4 is 0 Å². The predicted molar refractivity (Wildman–Crippen MR) is 61.9 cm³/mol. The number of nitrogens with one attached hydrogen (secondary N) is 1. The highest BCUT2D eigenvalue weighted by Gasteiger charge is 2.03. The van der Waals surface area contributed by atoms with Crippen molar-refractivity contribution >= 4 is 22.2 Å². The molecule has 4 heteroatoms. The fourth-order valence-electron chi connectivity index (χ4n) is 1.56. The highest BCUT2D eigenvalue weighted by Crippen LogP contribution is 2.26. The number of aryl methyl sites for hydroxylation is 1. The van der Waals surface area contributed by atoms with E-state index in [1.54, 1.807) is 11.3 Å². The van der Waals surface area contributed by atoms with Crippen LogP contribution in [0.15, 0.2) is 29.8 Å². The largest absolute Gasteiger partial charge is 0.278 e. The van der Waals surface area contributed by atoms with E-state index in [9.17, 15) is 0 Å². The number of fused-ring (bicyclic) bond motifs is 1. The van der Waals surface area contributed by atoms with Gasteiger partial charge in [0.2, 0.25) is 0 Å². The molecule has 0 aliphatic rings. The van der Waals surface area contributed by atoms with Crippen LogP contribution in [0.4, 0.5) is 0 Å². The first-order valence-electron chi connectivity index (χ1n) is 4.68. The summed E-state index contributed by atoms with van der Waals surface area (Å²) in [6.07, 6.45) is 1.83. The fourth-order valence-corrected chi connectivity index (χ4v) is 2.36. The van der Waals surface area contributed by atoms with E-state index in [2.05, 4.69) is 32.7 Å². The minimum absolute atomic E-state index is 1.06. The summed E-state index contributed by atoms with van der Waals surface area (Å²) in [6, 6.07) is 6.21. The molecular formula is C11H9N3S. The van der Waals surface area contributed by atoms with Crippen molar-refractivity contribution in [3.63, 3.8) is 0 Å². The predicted octanol–water partition coefficient (Wildman–Crippen LogP) is 2.99. The third-order valence-corrected chi connectivity index (χ3v) is 3.32. The van der Waals surface area contributed by atoms with Crippen LogP contribution in [0.5, 0.6) is 0 Å². The van der Waals surface area contributed by atoms with Crippen LogP contribution in [-0.4, -0.2) is 15.2 Å². The van der Waals surface area contributed by atoms with Crippen molar-refractivity contribution in [2.75, 3.05) is 0 Å². The number of aromatic amines is 1. The SMILES string of the molecule is Cc1csc(-c2ccc3[nH]ncc3c2)n1. The number of rotatable bonds is 1. The van der Waals surface area contributed by atoms with Crippen LogP contribution in [0, 0.1) is 6.92 Å². The Kier molecular flexibility index (Phi) is 1.82. The van der Waals surface area contributed by atoms with Crippen molar-refractivity contribution in [2.24, 2.45) is 0 Å². The molecule has 1 aromatic carbocycles. The van der Waals surface area contributed by atoms with Gasteiger partial charge in [0.15, 0.2) is 0 Å².